The van der Waals surface area contributed by atoms with Crippen LogP contribution in [-0.2, 0) is 53.8 Å². The van der Waals surface area contributed by atoms with Gasteiger partial charge in [0.1, 0.15) is 30.3 Å². The van der Waals surface area contributed by atoms with Gasteiger partial charge in [-0.2, -0.15) is 0 Å². The van der Waals surface area contributed by atoms with Crippen molar-refractivity contribution in [2.75, 3.05) is 6.61 Å². The van der Waals surface area contributed by atoms with E-state index in [1.807, 2.05) is 30.3 Å². The van der Waals surface area contributed by atoms with Gasteiger partial charge in [0.25, 0.3) is 0 Å². The summed E-state index contributed by atoms with van der Waals surface area (Å²) in [5.41, 5.74) is 0.778. The lowest BCUT2D eigenvalue weighted by molar-refractivity contribution is -0.296. The molecular formula is C31H33O12P. The van der Waals surface area contributed by atoms with Crippen LogP contribution in [0.5, 0.6) is 11.5 Å². The molecule has 1 heterocycles. The second kappa shape index (κ2) is 15.5. The minimum atomic E-state index is -4.63. The maximum absolute atomic E-state index is 14.2. The normalized spacial score (nSPS) is 21.5. The number of hydrogen-bond donors (Lipinski definition) is 0. The molecule has 3 aromatic carbocycles. The number of esters is 3. The fraction of sp³-hybridized carbons (Fsp3) is 0.323. The average molecular weight is 629 g/mol. The lowest BCUT2D eigenvalue weighted by atomic mass is 9.98. The second-order valence-corrected chi connectivity index (χ2v) is 11.1. The van der Waals surface area contributed by atoms with Gasteiger partial charge in [0.15, 0.2) is 12.2 Å². The highest BCUT2D eigenvalue weighted by atomic mass is 31.2. The predicted molar refractivity (Wildman–Crippen MR) is 154 cm³/mol. The Morgan fingerprint density at radius 1 is 0.682 bits per heavy atom. The summed E-state index contributed by atoms with van der Waals surface area (Å²) in [6.45, 7) is 3.16. The molecule has 3 aromatic rings. The first-order chi connectivity index (χ1) is 21.1. The van der Waals surface area contributed by atoms with Crippen LogP contribution in [0.4, 0.5) is 0 Å². The molecule has 234 valence electrons. The van der Waals surface area contributed by atoms with Crippen LogP contribution in [0.2, 0.25) is 0 Å². The number of ether oxygens (including phenoxy) is 5. The number of carbonyl (C=O) groups is 3. The largest absolute Gasteiger partial charge is 0.590 e. The topological polar surface area (TPSA) is 142 Å². The van der Waals surface area contributed by atoms with Gasteiger partial charge in [-0.3, -0.25) is 14.4 Å². The molecule has 0 aliphatic carbocycles. The molecule has 1 aliphatic heterocycles. The molecule has 0 radical (unpaired) electrons. The summed E-state index contributed by atoms with van der Waals surface area (Å²) in [5.74, 6) is -1.86. The van der Waals surface area contributed by atoms with E-state index in [1.165, 1.54) is 31.2 Å². The van der Waals surface area contributed by atoms with Crippen molar-refractivity contribution in [2.45, 2.75) is 58.1 Å². The van der Waals surface area contributed by atoms with E-state index in [9.17, 15) is 18.9 Å². The number of benzene rings is 3. The van der Waals surface area contributed by atoms with Crippen LogP contribution in [-0.4, -0.2) is 55.2 Å². The molecular weight excluding hydrogens is 595 g/mol. The SMILES string of the molecule is CC(=O)OC[C@H]1O[C@H](OP(=O)(Oc2ccccc2)Oc2ccccc2)[C@@H](OC(C)=O)[C@@H](OC(C)=O)[C@@H]1OCc1ccccc1. The molecule has 0 N–H and O–H groups in total. The van der Waals surface area contributed by atoms with Gasteiger partial charge in [-0.15, -0.1) is 0 Å². The molecule has 5 atom stereocenters. The highest BCUT2D eigenvalue weighted by Gasteiger charge is 2.54. The molecule has 0 aromatic heterocycles. The van der Waals surface area contributed by atoms with Gasteiger partial charge in [0.05, 0.1) is 6.61 Å². The van der Waals surface area contributed by atoms with Gasteiger partial charge < -0.3 is 32.7 Å². The highest BCUT2D eigenvalue weighted by molar-refractivity contribution is 7.49. The zero-order valence-corrected chi connectivity index (χ0v) is 25.2. The first-order valence-corrected chi connectivity index (χ1v) is 15.1. The van der Waals surface area contributed by atoms with E-state index in [0.29, 0.717) is 0 Å². The lowest BCUT2D eigenvalue weighted by Crippen LogP contribution is -2.62. The Labute approximate surface area is 254 Å². The summed E-state index contributed by atoms with van der Waals surface area (Å²) in [6, 6.07) is 25.3. The van der Waals surface area contributed by atoms with Crippen molar-refractivity contribution in [1.29, 1.82) is 0 Å². The number of rotatable bonds is 13. The number of hydrogen-bond acceptors (Lipinski definition) is 12. The molecule has 1 saturated heterocycles. The third kappa shape index (κ3) is 9.65. The Morgan fingerprint density at radius 2 is 1.18 bits per heavy atom. The second-order valence-electron chi connectivity index (χ2n) is 9.62. The predicted octanol–water partition coefficient (Wildman–Crippen LogP) is 5.01. The molecule has 0 saturated carbocycles. The first-order valence-electron chi connectivity index (χ1n) is 13.7. The van der Waals surface area contributed by atoms with Crippen LogP contribution in [0.25, 0.3) is 0 Å². The lowest BCUT2D eigenvalue weighted by Gasteiger charge is -2.44. The molecule has 44 heavy (non-hydrogen) atoms. The van der Waals surface area contributed by atoms with Crippen molar-refractivity contribution >= 4 is 25.7 Å². The zero-order valence-electron chi connectivity index (χ0n) is 24.3. The number of phosphoric ester groups is 1. The molecule has 1 fully saturated rings. The Morgan fingerprint density at radius 3 is 1.68 bits per heavy atom. The monoisotopic (exact) mass is 628 g/mol. The molecule has 0 amide bonds. The van der Waals surface area contributed by atoms with Crippen molar-refractivity contribution in [3.63, 3.8) is 0 Å². The third-order valence-electron chi connectivity index (χ3n) is 6.09. The van der Waals surface area contributed by atoms with Gasteiger partial charge in [-0.05, 0) is 29.8 Å². The van der Waals surface area contributed by atoms with Crippen LogP contribution in [0.3, 0.4) is 0 Å². The Kier molecular flexibility index (Phi) is 11.5. The maximum atomic E-state index is 14.2. The average Bonchev–Trinajstić information content (AvgIpc) is 2.98. The highest BCUT2D eigenvalue weighted by Crippen LogP contribution is 2.52. The minimum Gasteiger partial charge on any atom is -0.463 e. The van der Waals surface area contributed by atoms with Crippen molar-refractivity contribution in [2.24, 2.45) is 0 Å². The van der Waals surface area contributed by atoms with Gasteiger partial charge >= 0.3 is 25.7 Å². The van der Waals surface area contributed by atoms with Gasteiger partial charge in [0.2, 0.25) is 6.29 Å². The fourth-order valence-corrected chi connectivity index (χ4v) is 5.62. The van der Waals surface area contributed by atoms with Crippen molar-refractivity contribution < 1.29 is 56.2 Å². The quantitative estimate of drug-likeness (QED) is 0.143. The number of carbonyl (C=O) groups excluding carboxylic acids is 3. The van der Waals surface area contributed by atoms with Gasteiger partial charge in [-0.1, -0.05) is 66.7 Å². The van der Waals surface area contributed by atoms with E-state index in [1.54, 1.807) is 36.4 Å². The number of phosphoric acid groups is 1. The number of para-hydroxylation sites is 2. The van der Waals surface area contributed by atoms with Crippen LogP contribution in [0.1, 0.15) is 26.3 Å². The van der Waals surface area contributed by atoms with Crippen LogP contribution in [0, 0.1) is 0 Å². The van der Waals surface area contributed by atoms with E-state index in [-0.39, 0.29) is 24.7 Å². The van der Waals surface area contributed by atoms with E-state index < -0.39 is 56.4 Å². The molecule has 1 aliphatic rings. The maximum Gasteiger partial charge on any atom is 0.590 e. The van der Waals surface area contributed by atoms with Crippen molar-refractivity contribution in [1.82, 2.24) is 0 Å². The van der Waals surface area contributed by atoms with Gasteiger partial charge in [-0.25, -0.2) is 9.09 Å². The van der Waals surface area contributed by atoms with Crippen LogP contribution in [0.15, 0.2) is 91.0 Å². The van der Waals surface area contributed by atoms with E-state index >= 15 is 0 Å². The Bertz CT molecular complexity index is 1370. The molecule has 0 bridgehead atoms. The standard InChI is InChI=1S/C31H33O12P/c1-21(32)36-20-27-28(37-19-24-13-7-4-8-14-24)29(38-22(2)33)30(39-23(3)34)31(40-27)43-44(35,41-25-15-9-5-10-16-25)42-26-17-11-6-12-18-26/h4-18,27-31H,19-20H2,1-3H3/t27-,28-,29+,30+,31-/m1/s1. The van der Waals surface area contributed by atoms with E-state index in [4.69, 9.17) is 37.3 Å². The van der Waals surface area contributed by atoms with Gasteiger partial charge in [0, 0.05) is 20.8 Å². The molecule has 4 rings (SSSR count). The summed E-state index contributed by atoms with van der Waals surface area (Å²) < 4.78 is 60.2. The molecule has 0 unspecified atom stereocenters. The van der Waals surface area contributed by atoms with Crippen LogP contribution >= 0.6 is 7.82 Å². The third-order valence-corrected chi connectivity index (χ3v) is 7.42. The van der Waals surface area contributed by atoms with Crippen molar-refractivity contribution in [3.8, 4) is 11.5 Å². The Balaban J connectivity index is 1.72. The van der Waals surface area contributed by atoms with E-state index in [2.05, 4.69) is 0 Å². The summed E-state index contributed by atoms with van der Waals surface area (Å²) in [5, 5.41) is 0. The van der Waals surface area contributed by atoms with Crippen LogP contribution < -0.4 is 9.05 Å². The fourth-order valence-electron chi connectivity index (χ4n) is 4.32. The smallest absolute Gasteiger partial charge is 0.463 e. The van der Waals surface area contributed by atoms with Crippen molar-refractivity contribution in [3.05, 3.63) is 96.6 Å². The summed E-state index contributed by atoms with van der Waals surface area (Å²) >= 11 is 0. The molecule has 0 spiro atoms. The Hall–Kier alpha value is -4.22. The molecule has 12 nitrogen and oxygen atoms in total. The summed E-state index contributed by atoms with van der Waals surface area (Å²) in [7, 11) is -4.63. The minimum absolute atomic E-state index is 0.0360. The summed E-state index contributed by atoms with van der Waals surface area (Å²) in [4.78, 5) is 36.4. The molecule has 13 heteroatoms. The first kappa shape index (κ1) is 32.7. The van der Waals surface area contributed by atoms with E-state index in [0.717, 1.165) is 19.4 Å². The zero-order chi connectivity index (χ0) is 31.5. The summed E-state index contributed by atoms with van der Waals surface area (Å²) in [6.07, 6.45) is -6.87.